The molecule has 5 rings (SSSR count). The lowest BCUT2D eigenvalue weighted by atomic mass is 10.0. The van der Waals surface area contributed by atoms with Crippen LogP contribution in [0.3, 0.4) is 0 Å². The summed E-state index contributed by atoms with van der Waals surface area (Å²) in [5, 5.41) is 9.31. The van der Waals surface area contributed by atoms with Gasteiger partial charge in [-0.1, -0.05) is 18.3 Å². The first-order valence-corrected chi connectivity index (χ1v) is 13.9. The van der Waals surface area contributed by atoms with Gasteiger partial charge in [-0.15, -0.1) is 4.80 Å². The van der Waals surface area contributed by atoms with Crippen molar-refractivity contribution in [2.24, 2.45) is 0 Å². The van der Waals surface area contributed by atoms with E-state index in [9.17, 15) is 18.8 Å². The second kappa shape index (κ2) is 11.3. The summed E-state index contributed by atoms with van der Waals surface area (Å²) in [5.41, 5.74) is -0.140. The predicted molar refractivity (Wildman–Crippen MR) is 148 cm³/mol. The van der Waals surface area contributed by atoms with Gasteiger partial charge in [-0.05, 0) is 44.4 Å². The molecule has 212 valence electrons. The van der Waals surface area contributed by atoms with E-state index in [1.807, 2.05) is 6.92 Å². The van der Waals surface area contributed by atoms with Gasteiger partial charge < -0.3 is 14.4 Å². The summed E-state index contributed by atoms with van der Waals surface area (Å²) in [7, 11) is 3.15. The van der Waals surface area contributed by atoms with Crippen molar-refractivity contribution in [2.45, 2.75) is 51.8 Å². The van der Waals surface area contributed by atoms with E-state index < -0.39 is 29.2 Å². The molecule has 0 saturated carbocycles. The molecular weight excluding hydrogens is 539 g/mol. The molecule has 0 bridgehead atoms. The number of likely N-dealkylation sites (tertiary alicyclic amines) is 1. The van der Waals surface area contributed by atoms with E-state index in [0.717, 1.165) is 4.57 Å². The maximum absolute atomic E-state index is 14.4. The molecule has 2 atom stereocenters. The lowest BCUT2D eigenvalue weighted by molar-refractivity contribution is -0.136. The monoisotopic (exact) mass is 570 g/mol. The Morgan fingerprint density at radius 2 is 1.95 bits per heavy atom. The number of hydrogen-bond donors (Lipinski definition) is 0. The van der Waals surface area contributed by atoms with Gasteiger partial charge in [0, 0.05) is 31.3 Å². The number of carbonyl (C=O) groups is 1. The summed E-state index contributed by atoms with van der Waals surface area (Å²) in [5.74, 6) is -0.352. The molecule has 1 fully saturated rings. The number of rotatable bonds is 9. The number of methoxy groups -OCH3 is 1. The maximum Gasteiger partial charge on any atom is 0.332 e. The van der Waals surface area contributed by atoms with Crippen LogP contribution in [-0.2, 0) is 16.1 Å². The van der Waals surface area contributed by atoms with Crippen molar-refractivity contribution in [3.8, 4) is 10.8 Å². The number of piperidine rings is 1. The minimum absolute atomic E-state index is 0.0435. The fourth-order valence-corrected chi connectivity index (χ4v) is 6.39. The Balaban J connectivity index is 1.77. The second-order valence-corrected chi connectivity index (χ2v) is 10.7. The Kier molecular flexibility index (Phi) is 7.86. The molecule has 0 aliphatic carbocycles. The first-order chi connectivity index (χ1) is 19.3. The zero-order valence-electron chi connectivity index (χ0n) is 22.8. The number of aromatic nitrogens is 5. The standard InChI is InChI=1S/C27H31FN6O5S/c1-5-13-39-21(18-14-17(28)8-9-20(18)38-4)15-32-26-22(16(2)25(40-26)34-29-10-11-30-34)24(36)33(27(32)37)19-7-6-12-31(3)23(19)35/h8-11,14,19,21H,5-7,12-13,15H2,1-4H3/t19-,21-/m0/s1. The van der Waals surface area contributed by atoms with Crippen LogP contribution >= 0.6 is 11.3 Å². The van der Waals surface area contributed by atoms with Gasteiger partial charge in [-0.3, -0.25) is 14.2 Å². The summed E-state index contributed by atoms with van der Waals surface area (Å²) in [6, 6.07) is 3.20. The topological polar surface area (TPSA) is 113 Å². The SMILES string of the molecule is CCCO[C@@H](Cn1c(=O)n([C@H]2CCCN(C)C2=O)c(=O)c2c(C)c(-n3nccn3)sc21)c1cc(F)ccc1OC. The molecule has 1 amide bonds. The number of halogens is 1. The van der Waals surface area contributed by atoms with Crippen molar-refractivity contribution in [3.05, 3.63) is 68.4 Å². The first kappa shape index (κ1) is 27.7. The zero-order chi connectivity index (χ0) is 28.6. The van der Waals surface area contributed by atoms with Crippen LogP contribution in [0.1, 0.15) is 49.5 Å². The van der Waals surface area contributed by atoms with Crippen LogP contribution in [0.2, 0.25) is 0 Å². The van der Waals surface area contributed by atoms with E-state index in [2.05, 4.69) is 10.2 Å². The van der Waals surface area contributed by atoms with E-state index >= 15 is 0 Å². The average Bonchev–Trinajstić information content (AvgIpc) is 3.59. The molecule has 11 nitrogen and oxygen atoms in total. The van der Waals surface area contributed by atoms with E-state index in [4.69, 9.17) is 9.47 Å². The van der Waals surface area contributed by atoms with E-state index in [1.54, 1.807) is 18.9 Å². The molecule has 40 heavy (non-hydrogen) atoms. The number of amides is 1. The van der Waals surface area contributed by atoms with Crippen LogP contribution in [0.15, 0.2) is 40.2 Å². The third kappa shape index (κ3) is 4.83. The summed E-state index contributed by atoms with van der Waals surface area (Å²) in [4.78, 5) is 44.7. The number of benzene rings is 1. The van der Waals surface area contributed by atoms with E-state index in [0.29, 0.717) is 64.5 Å². The van der Waals surface area contributed by atoms with Crippen molar-refractivity contribution in [1.82, 2.24) is 29.0 Å². The number of carbonyl (C=O) groups excluding carboxylic acids is 1. The number of ether oxygens (including phenoxy) is 2. The highest BCUT2D eigenvalue weighted by Crippen LogP contribution is 2.34. The Morgan fingerprint density at radius 3 is 2.65 bits per heavy atom. The minimum atomic E-state index is -0.932. The Bertz CT molecular complexity index is 1660. The minimum Gasteiger partial charge on any atom is -0.496 e. The normalized spacial score (nSPS) is 16.6. The summed E-state index contributed by atoms with van der Waals surface area (Å²) < 4.78 is 28.6. The number of likely N-dealkylation sites (N-methyl/N-ethyl adjacent to an activating group) is 1. The molecule has 1 aliphatic rings. The third-order valence-electron chi connectivity index (χ3n) is 7.17. The van der Waals surface area contributed by atoms with Gasteiger partial charge in [0.2, 0.25) is 5.91 Å². The molecule has 3 aromatic heterocycles. The molecule has 1 saturated heterocycles. The van der Waals surface area contributed by atoms with Crippen molar-refractivity contribution in [3.63, 3.8) is 0 Å². The van der Waals surface area contributed by atoms with Crippen LogP contribution in [0, 0.1) is 12.7 Å². The highest BCUT2D eigenvalue weighted by Gasteiger charge is 2.33. The fourth-order valence-electron chi connectivity index (χ4n) is 5.17. The van der Waals surface area contributed by atoms with Gasteiger partial charge in [0.25, 0.3) is 5.56 Å². The second-order valence-electron chi connectivity index (χ2n) is 9.76. The number of aryl methyl sites for hydroxylation is 1. The highest BCUT2D eigenvalue weighted by molar-refractivity contribution is 7.21. The molecule has 13 heteroatoms. The van der Waals surface area contributed by atoms with Gasteiger partial charge in [0.05, 0.1) is 31.4 Å². The molecule has 0 radical (unpaired) electrons. The van der Waals surface area contributed by atoms with Crippen LogP contribution in [-0.4, -0.2) is 62.2 Å². The smallest absolute Gasteiger partial charge is 0.332 e. The number of fused-ring (bicyclic) bond motifs is 1. The van der Waals surface area contributed by atoms with Crippen molar-refractivity contribution in [1.29, 1.82) is 0 Å². The molecule has 4 heterocycles. The first-order valence-electron chi connectivity index (χ1n) is 13.1. The molecule has 4 aromatic rings. The van der Waals surface area contributed by atoms with Crippen LogP contribution in [0.4, 0.5) is 4.39 Å². The van der Waals surface area contributed by atoms with Crippen LogP contribution in [0.5, 0.6) is 5.75 Å². The lowest BCUT2D eigenvalue weighted by Crippen LogP contribution is -2.49. The fraction of sp³-hybridized carbons (Fsp3) is 0.444. The van der Waals surface area contributed by atoms with Gasteiger partial charge in [-0.25, -0.2) is 13.8 Å². The average molecular weight is 571 g/mol. The van der Waals surface area contributed by atoms with Gasteiger partial charge in [0.15, 0.2) is 0 Å². The predicted octanol–water partition coefficient (Wildman–Crippen LogP) is 3.22. The molecule has 0 spiro atoms. The molecule has 1 aromatic carbocycles. The zero-order valence-corrected chi connectivity index (χ0v) is 23.6. The number of nitrogens with zero attached hydrogens (tertiary/aromatic N) is 6. The van der Waals surface area contributed by atoms with Gasteiger partial charge in [-0.2, -0.15) is 10.2 Å². The van der Waals surface area contributed by atoms with Crippen LogP contribution < -0.4 is 16.0 Å². The van der Waals surface area contributed by atoms with E-state index in [1.165, 1.54) is 58.4 Å². The molecule has 1 aliphatic heterocycles. The van der Waals surface area contributed by atoms with Crippen molar-refractivity contribution < 1.29 is 18.7 Å². The summed E-state index contributed by atoms with van der Waals surface area (Å²) in [6.07, 6.45) is 3.98. The summed E-state index contributed by atoms with van der Waals surface area (Å²) >= 11 is 1.20. The Labute approximate surface area is 233 Å². The van der Waals surface area contributed by atoms with Gasteiger partial charge >= 0.3 is 5.69 Å². The molecule has 0 N–H and O–H groups in total. The summed E-state index contributed by atoms with van der Waals surface area (Å²) in [6.45, 7) is 4.58. The highest BCUT2D eigenvalue weighted by atomic mass is 32.1. The molecule has 0 unspecified atom stereocenters. The van der Waals surface area contributed by atoms with E-state index in [-0.39, 0.29) is 12.5 Å². The maximum atomic E-state index is 14.4. The van der Waals surface area contributed by atoms with Crippen molar-refractivity contribution >= 4 is 27.5 Å². The number of hydrogen-bond acceptors (Lipinski definition) is 8. The van der Waals surface area contributed by atoms with Crippen LogP contribution in [0.25, 0.3) is 15.2 Å². The quantitative estimate of drug-likeness (QED) is 0.304. The Hall–Kier alpha value is -3.84. The number of thiophene rings is 1. The largest absolute Gasteiger partial charge is 0.496 e. The van der Waals surface area contributed by atoms with Crippen molar-refractivity contribution in [2.75, 3.05) is 27.3 Å². The molecular formula is C27H31FN6O5S. The third-order valence-corrected chi connectivity index (χ3v) is 8.45. The van der Waals surface area contributed by atoms with Gasteiger partial charge in [0.1, 0.15) is 33.5 Å². The Morgan fingerprint density at radius 1 is 1.20 bits per heavy atom. The lowest BCUT2D eigenvalue weighted by Gasteiger charge is -2.30.